The predicted octanol–water partition coefficient (Wildman–Crippen LogP) is 2.81. The van der Waals surface area contributed by atoms with Gasteiger partial charge in [-0.05, 0) is 42.5 Å². The number of carbonyl (C=O) groups excluding carboxylic acids is 2. The van der Waals surface area contributed by atoms with E-state index in [-0.39, 0.29) is 30.2 Å². The van der Waals surface area contributed by atoms with Crippen molar-refractivity contribution in [2.24, 2.45) is 5.73 Å². The van der Waals surface area contributed by atoms with Gasteiger partial charge in [0.1, 0.15) is 11.6 Å². The van der Waals surface area contributed by atoms with E-state index < -0.39 is 17.6 Å². The largest absolute Gasteiger partial charge is 0.497 e. The number of nitrogens with two attached hydrogens (primary N) is 1. The second-order valence-corrected chi connectivity index (χ2v) is 5.94. The summed E-state index contributed by atoms with van der Waals surface area (Å²) in [6.45, 7) is 0.167. The molecule has 0 atom stereocenters. The van der Waals surface area contributed by atoms with Gasteiger partial charge in [-0.15, -0.1) is 0 Å². The molecule has 0 aliphatic carbocycles. The van der Waals surface area contributed by atoms with Gasteiger partial charge in [-0.2, -0.15) is 0 Å². The van der Waals surface area contributed by atoms with Crippen molar-refractivity contribution in [2.75, 3.05) is 30.4 Å². The maximum absolute atomic E-state index is 13.8. The molecule has 2 aromatic rings. The van der Waals surface area contributed by atoms with Crippen LogP contribution in [0.4, 0.5) is 15.8 Å². The zero-order chi connectivity index (χ0) is 19.1. The van der Waals surface area contributed by atoms with Crippen molar-refractivity contribution in [3.63, 3.8) is 0 Å². The molecule has 0 bridgehead atoms. The van der Waals surface area contributed by atoms with E-state index in [1.165, 1.54) is 12.1 Å². The lowest BCUT2D eigenvalue weighted by atomic mass is 10.2. The number of benzene rings is 2. The first-order valence-corrected chi connectivity index (χ1v) is 8.19. The fraction of sp³-hybridized carbons (Fsp3) is 0.222. The molecule has 2 amide bonds. The number of hydrogen-bond donors (Lipinski definition) is 2. The van der Waals surface area contributed by atoms with Gasteiger partial charge in [-0.25, -0.2) is 4.39 Å². The number of amides is 2. The van der Waals surface area contributed by atoms with Crippen LogP contribution in [-0.4, -0.2) is 32.0 Å². The zero-order valence-corrected chi connectivity index (χ0v) is 14.9. The Balaban J connectivity index is 2.11. The molecule has 3 N–H and O–H groups in total. The molecule has 0 spiro atoms. The zero-order valence-electron chi connectivity index (χ0n) is 14.2. The third kappa shape index (κ3) is 5.63. The minimum absolute atomic E-state index is 0.0315. The number of primary amides is 1. The van der Waals surface area contributed by atoms with E-state index in [0.717, 1.165) is 6.07 Å². The summed E-state index contributed by atoms with van der Waals surface area (Å²) in [5, 5.41) is 2.73. The number of nitrogens with one attached hydrogen (secondary N) is 1. The van der Waals surface area contributed by atoms with Gasteiger partial charge < -0.3 is 20.7 Å². The smallest absolute Gasteiger partial charge is 0.243 e. The second-order valence-electron chi connectivity index (χ2n) is 5.51. The Labute approximate surface area is 155 Å². The average Bonchev–Trinajstić information content (AvgIpc) is 2.61. The summed E-state index contributed by atoms with van der Waals surface area (Å²) in [6, 6.07) is 11.0. The number of carbonyl (C=O) groups is 2. The molecule has 0 unspecified atom stereocenters. The van der Waals surface area contributed by atoms with E-state index in [1.807, 2.05) is 0 Å². The van der Waals surface area contributed by atoms with Gasteiger partial charge in [0.25, 0.3) is 0 Å². The molecule has 26 heavy (non-hydrogen) atoms. The molecule has 0 aliphatic rings. The lowest BCUT2D eigenvalue weighted by Crippen LogP contribution is -2.35. The van der Waals surface area contributed by atoms with Gasteiger partial charge in [0.2, 0.25) is 11.8 Å². The van der Waals surface area contributed by atoms with Crippen LogP contribution in [0.25, 0.3) is 0 Å². The molecule has 138 valence electrons. The molecular weight excluding hydrogens is 361 g/mol. The van der Waals surface area contributed by atoms with Crippen molar-refractivity contribution in [3.8, 4) is 5.75 Å². The van der Waals surface area contributed by atoms with Crippen LogP contribution in [-0.2, 0) is 9.59 Å². The molecule has 6 nitrogen and oxygen atoms in total. The van der Waals surface area contributed by atoms with Crippen molar-refractivity contribution in [1.82, 2.24) is 0 Å². The van der Waals surface area contributed by atoms with E-state index in [4.69, 9.17) is 22.1 Å². The van der Waals surface area contributed by atoms with E-state index in [1.54, 1.807) is 36.3 Å². The molecule has 8 heteroatoms. The number of nitrogens with zero attached hydrogens (tertiary/aromatic N) is 1. The first-order chi connectivity index (χ1) is 12.4. The van der Waals surface area contributed by atoms with Crippen LogP contribution >= 0.6 is 11.6 Å². The van der Waals surface area contributed by atoms with Gasteiger partial charge in [-0.1, -0.05) is 11.6 Å². The van der Waals surface area contributed by atoms with E-state index in [2.05, 4.69) is 5.32 Å². The summed E-state index contributed by atoms with van der Waals surface area (Å²) < 4.78 is 18.9. The first kappa shape index (κ1) is 19.5. The van der Waals surface area contributed by atoms with Crippen LogP contribution in [0.1, 0.15) is 6.42 Å². The normalized spacial score (nSPS) is 10.3. The van der Waals surface area contributed by atoms with E-state index in [0.29, 0.717) is 11.4 Å². The number of hydrogen-bond acceptors (Lipinski definition) is 4. The minimum atomic E-state index is -0.626. The van der Waals surface area contributed by atoms with Gasteiger partial charge in [-0.3, -0.25) is 9.59 Å². The third-order valence-electron chi connectivity index (χ3n) is 3.61. The molecule has 0 heterocycles. The van der Waals surface area contributed by atoms with Crippen molar-refractivity contribution in [2.45, 2.75) is 6.42 Å². The van der Waals surface area contributed by atoms with Gasteiger partial charge in [0.15, 0.2) is 0 Å². The summed E-state index contributed by atoms with van der Waals surface area (Å²) in [5.41, 5.74) is 5.94. The molecule has 0 aromatic heterocycles. The highest BCUT2D eigenvalue weighted by molar-refractivity contribution is 6.30. The number of anilines is 2. The van der Waals surface area contributed by atoms with Crippen LogP contribution < -0.4 is 20.7 Å². The van der Waals surface area contributed by atoms with E-state index in [9.17, 15) is 14.0 Å². The molecule has 0 saturated carbocycles. The summed E-state index contributed by atoms with van der Waals surface area (Å²) in [7, 11) is 1.55. The first-order valence-electron chi connectivity index (χ1n) is 7.81. The maximum atomic E-state index is 13.8. The summed E-state index contributed by atoms with van der Waals surface area (Å²) in [4.78, 5) is 25.1. The molecule has 2 aromatic carbocycles. The third-order valence-corrected chi connectivity index (χ3v) is 3.84. The molecule has 0 saturated heterocycles. The Morgan fingerprint density at radius 2 is 1.92 bits per heavy atom. The predicted molar refractivity (Wildman–Crippen MR) is 99.1 cm³/mol. The highest BCUT2D eigenvalue weighted by Gasteiger charge is 2.14. The fourth-order valence-corrected chi connectivity index (χ4v) is 2.45. The molecule has 0 aliphatic heterocycles. The monoisotopic (exact) mass is 379 g/mol. The number of rotatable bonds is 8. The highest BCUT2D eigenvalue weighted by atomic mass is 35.5. The molecule has 2 rings (SSSR count). The topological polar surface area (TPSA) is 84.7 Å². The lowest BCUT2D eigenvalue weighted by molar-refractivity contribution is -0.118. The van der Waals surface area contributed by atoms with E-state index >= 15 is 0 Å². The number of methoxy groups -OCH3 is 1. The summed E-state index contributed by atoms with van der Waals surface area (Å²) in [5.74, 6) is -0.880. The quantitative estimate of drug-likeness (QED) is 0.738. The Kier molecular flexibility index (Phi) is 6.80. The van der Waals surface area contributed by atoms with Crippen molar-refractivity contribution in [1.29, 1.82) is 0 Å². The van der Waals surface area contributed by atoms with Crippen LogP contribution in [0, 0.1) is 5.82 Å². The van der Waals surface area contributed by atoms with Crippen LogP contribution in [0.15, 0.2) is 42.5 Å². The lowest BCUT2D eigenvalue weighted by Gasteiger charge is -2.24. The van der Waals surface area contributed by atoms with Crippen LogP contribution in [0.3, 0.4) is 0 Å². The standard InChI is InChI=1S/C18H19ClFN3O3/c1-26-14-5-3-13(4-6-14)23(9-8-17(21)24)11-18(25)22-16-7-2-12(19)10-15(16)20/h2-7,10H,8-9,11H2,1H3,(H2,21,24)(H,22,25). The minimum Gasteiger partial charge on any atom is -0.497 e. The SMILES string of the molecule is COc1ccc(N(CCC(N)=O)CC(=O)Nc2ccc(Cl)cc2F)cc1. The van der Waals surface area contributed by atoms with Gasteiger partial charge in [0.05, 0.1) is 19.3 Å². The van der Waals surface area contributed by atoms with Crippen molar-refractivity contribution >= 4 is 34.8 Å². The average molecular weight is 380 g/mol. The van der Waals surface area contributed by atoms with Crippen molar-refractivity contribution < 1.29 is 18.7 Å². The van der Waals surface area contributed by atoms with Gasteiger partial charge >= 0.3 is 0 Å². The van der Waals surface area contributed by atoms with Gasteiger partial charge in [0, 0.05) is 23.7 Å². The summed E-state index contributed by atoms with van der Waals surface area (Å²) >= 11 is 5.70. The maximum Gasteiger partial charge on any atom is 0.243 e. The molecule has 0 fully saturated rings. The summed E-state index contributed by atoms with van der Waals surface area (Å²) in [6.07, 6.45) is 0.0780. The molecular formula is C18H19ClFN3O3. The number of halogens is 2. The Morgan fingerprint density at radius 3 is 2.50 bits per heavy atom. The second kappa shape index (κ2) is 9.05. The van der Waals surface area contributed by atoms with Crippen molar-refractivity contribution in [3.05, 3.63) is 53.3 Å². The Morgan fingerprint density at radius 1 is 1.23 bits per heavy atom. The van der Waals surface area contributed by atoms with Crippen LogP contribution in [0.5, 0.6) is 5.75 Å². The molecule has 0 radical (unpaired) electrons. The highest BCUT2D eigenvalue weighted by Crippen LogP contribution is 2.21. The Hall–Kier alpha value is -2.80. The van der Waals surface area contributed by atoms with Crippen LogP contribution in [0.2, 0.25) is 5.02 Å². The fourth-order valence-electron chi connectivity index (χ4n) is 2.29. The Bertz CT molecular complexity index is 784. The number of ether oxygens (including phenoxy) is 1.